The predicted molar refractivity (Wildman–Crippen MR) is 79.1 cm³/mol. The molecule has 0 aromatic heterocycles. The van der Waals surface area contributed by atoms with Crippen LogP contribution in [0.25, 0.3) is 0 Å². The average molecular weight is 293 g/mol. The first-order chi connectivity index (χ1) is 10.1. The van der Waals surface area contributed by atoms with E-state index in [9.17, 15) is 14.5 Å². The van der Waals surface area contributed by atoms with Gasteiger partial charge in [-0.3, -0.25) is 10.1 Å². The van der Waals surface area contributed by atoms with E-state index in [1.165, 1.54) is 38.1 Å². The molecular formula is C15H20FN3O2. The van der Waals surface area contributed by atoms with Crippen molar-refractivity contribution in [3.05, 3.63) is 34.1 Å². The topological polar surface area (TPSA) is 49.6 Å². The molecular weight excluding hydrogens is 273 g/mol. The van der Waals surface area contributed by atoms with E-state index in [4.69, 9.17) is 0 Å². The summed E-state index contributed by atoms with van der Waals surface area (Å²) in [5, 5.41) is 10.7. The van der Waals surface area contributed by atoms with Gasteiger partial charge in [0.25, 0.3) is 5.69 Å². The summed E-state index contributed by atoms with van der Waals surface area (Å²) in [6.45, 7) is 4.01. The molecule has 114 valence electrons. The van der Waals surface area contributed by atoms with Gasteiger partial charge in [-0.2, -0.15) is 0 Å². The van der Waals surface area contributed by atoms with Gasteiger partial charge < -0.3 is 9.80 Å². The summed E-state index contributed by atoms with van der Waals surface area (Å²) in [6.07, 6.45) is 4.65. The standard InChI is InChI=1S/C15H20FN3O2/c16-14-11-13(19(20)21)3-4-15(14)18-9-5-12(6-10-18)17-7-1-2-8-17/h3-4,11-12H,1-2,5-10H2. The molecule has 5 nitrogen and oxygen atoms in total. The molecule has 2 heterocycles. The van der Waals surface area contributed by atoms with Gasteiger partial charge in [-0.1, -0.05) is 0 Å². The summed E-state index contributed by atoms with van der Waals surface area (Å²) in [5.74, 6) is -0.496. The number of benzene rings is 1. The Labute approximate surface area is 123 Å². The van der Waals surface area contributed by atoms with Gasteiger partial charge >= 0.3 is 0 Å². The summed E-state index contributed by atoms with van der Waals surface area (Å²) in [5.41, 5.74) is 0.295. The lowest BCUT2D eigenvalue weighted by molar-refractivity contribution is -0.385. The molecule has 3 rings (SSSR count). The van der Waals surface area contributed by atoms with Crippen LogP contribution in [0, 0.1) is 15.9 Å². The molecule has 0 atom stereocenters. The lowest BCUT2D eigenvalue weighted by Gasteiger charge is -2.37. The van der Waals surface area contributed by atoms with E-state index < -0.39 is 10.7 Å². The van der Waals surface area contributed by atoms with Crippen LogP contribution in [0.2, 0.25) is 0 Å². The number of halogens is 1. The summed E-state index contributed by atoms with van der Waals surface area (Å²) in [4.78, 5) is 14.6. The number of nitrogens with zero attached hydrogens (tertiary/aromatic N) is 3. The van der Waals surface area contributed by atoms with Crippen molar-refractivity contribution in [1.82, 2.24) is 4.90 Å². The molecule has 0 aliphatic carbocycles. The summed E-state index contributed by atoms with van der Waals surface area (Å²) >= 11 is 0. The molecule has 6 heteroatoms. The zero-order chi connectivity index (χ0) is 14.8. The van der Waals surface area contributed by atoms with Crippen molar-refractivity contribution in [2.75, 3.05) is 31.1 Å². The Morgan fingerprint density at radius 2 is 1.81 bits per heavy atom. The zero-order valence-corrected chi connectivity index (χ0v) is 12.0. The number of hydrogen-bond donors (Lipinski definition) is 0. The lowest BCUT2D eigenvalue weighted by atomic mass is 10.0. The third-order valence-corrected chi connectivity index (χ3v) is 4.60. The van der Waals surface area contributed by atoms with E-state index in [1.807, 2.05) is 4.90 Å². The third kappa shape index (κ3) is 3.00. The molecule has 21 heavy (non-hydrogen) atoms. The van der Waals surface area contributed by atoms with Gasteiger partial charge in [0.2, 0.25) is 0 Å². The second kappa shape index (κ2) is 5.97. The minimum atomic E-state index is -0.563. The van der Waals surface area contributed by atoms with Gasteiger partial charge in [0, 0.05) is 25.2 Å². The number of likely N-dealkylation sites (tertiary alicyclic amines) is 1. The van der Waals surface area contributed by atoms with Crippen molar-refractivity contribution in [3.8, 4) is 0 Å². The largest absolute Gasteiger partial charge is 0.369 e. The molecule has 0 saturated carbocycles. The van der Waals surface area contributed by atoms with Crippen LogP contribution in [0.15, 0.2) is 18.2 Å². The zero-order valence-electron chi connectivity index (χ0n) is 12.0. The van der Waals surface area contributed by atoms with Crippen molar-refractivity contribution < 1.29 is 9.31 Å². The van der Waals surface area contributed by atoms with Crippen LogP contribution in [0.5, 0.6) is 0 Å². The smallest absolute Gasteiger partial charge is 0.272 e. The highest BCUT2D eigenvalue weighted by Gasteiger charge is 2.27. The number of anilines is 1. The van der Waals surface area contributed by atoms with E-state index >= 15 is 0 Å². The second-order valence-electron chi connectivity index (χ2n) is 5.85. The Morgan fingerprint density at radius 1 is 1.14 bits per heavy atom. The molecule has 0 radical (unpaired) electrons. The monoisotopic (exact) mass is 293 g/mol. The van der Waals surface area contributed by atoms with Gasteiger partial charge in [-0.15, -0.1) is 0 Å². The van der Waals surface area contributed by atoms with Gasteiger partial charge in [0.15, 0.2) is 5.82 Å². The Kier molecular flexibility index (Phi) is 4.05. The molecule has 1 aromatic rings. The van der Waals surface area contributed by atoms with E-state index in [-0.39, 0.29) is 5.69 Å². The highest BCUT2D eigenvalue weighted by molar-refractivity contribution is 5.52. The quantitative estimate of drug-likeness (QED) is 0.635. The maximum Gasteiger partial charge on any atom is 0.272 e. The Morgan fingerprint density at radius 3 is 2.38 bits per heavy atom. The maximum atomic E-state index is 14.0. The number of nitro benzene ring substituents is 1. The molecule has 1 aromatic carbocycles. The van der Waals surface area contributed by atoms with Gasteiger partial charge in [0.05, 0.1) is 16.7 Å². The molecule has 2 saturated heterocycles. The van der Waals surface area contributed by atoms with Crippen molar-refractivity contribution in [3.63, 3.8) is 0 Å². The van der Waals surface area contributed by atoms with Crippen molar-refractivity contribution in [2.24, 2.45) is 0 Å². The number of nitro groups is 1. The Bertz CT molecular complexity index is 524. The summed E-state index contributed by atoms with van der Waals surface area (Å²) < 4.78 is 14.0. The first kappa shape index (κ1) is 14.3. The lowest BCUT2D eigenvalue weighted by Crippen LogP contribution is -2.44. The van der Waals surface area contributed by atoms with Crippen LogP contribution in [0.4, 0.5) is 15.8 Å². The van der Waals surface area contributed by atoms with Crippen LogP contribution in [0.1, 0.15) is 25.7 Å². The Hall–Kier alpha value is -1.69. The van der Waals surface area contributed by atoms with E-state index in [0.29, 0.717) is 11.7 Å². The van der Waals surface area contributed by atoms with E-state index in [0.717, 1.165) is 32.0 Å². The van der Waals surface area contributed by atoms with Gasteiger partial charge in [-0.25, -0.2) is 4.39 Å². The number of hydrogen-bond acceptors (Lipinski definition) is 4. The second-order valence-corrected chi connectivity index (χ2v) is 5.85. The fourth-order valence-electron chi connectivity index (χ4n) is 3.44. The summed E-state index contributed by atoms with van der Waals surface area (Å²) in [7, 11) is 0. The molecule has 2 fully saturated rings. The van der Waals surface area contributed by atoms with Crippen LogP contribution < -0.4 is 4.90 Å². The number of piperidine rings is 1. The minimum absolute atomic E-state index is 0.191. The first-order valence-corrected chi connectivity index (χ1v) is 7.58. The highest BCUT2D eigenvalue weighted by Crippen LogP contribution is 2.28. The van der Waals surface area contributed by atoms with Gasteiger partial charge in [-0.05, 0) is 44.8 Å². The first-order valence-electron chi connectivity index (χ1n) is 7.58. The number of non-ortho nitro benzene ring substituents is 1. The predicted octanol–water partition coefficient (Wildman–Crippen LogP) is 2.80. The van der Waals surface area contributed by atoms with Crippen LogP contribution >= 0.6 is 0 Å². The van der Waals surface area contributed by atoms with E-state index in [2.05, 4.69) is 4.90 Å². The van der Waals surface area contributed by atoms with Crippen LogP contribution in [0.3, 0.4) is 0 Å². The molecule has 0 amide bonds. The molecule has 0 spiro atoms. The van der Waals surface area contributed by atoms with Crippen molar-refractivity contribution in [1.29, 1.82) is 0 Å². The van der Waals surface area contributed by atoms with E-state index in [1.54, 1.807) is 0 Å². The third-order valence-electron chi connectivity index (χ3n) is 4.60. The molecule has 0 bridgehead atoms. The average Bonchev–Trinajstić information content (AvgIpc) is 3.01. The molecule has 0 N–H and O–H groups in total. The molecule has 0 unspecified atom stereocenters. The summed E-state index contributed by atoms with van der Waals surface area (Å²) in [6, 6.07) is 4.54. The minimum Gasteiger partial charge on any atom is -0.369 e. The van der Waals surface area contributed by atoms with Crippen molar-refractivity contribution >= 4 is 11.4 Å². The highest BCUT2D eigenvalue weighted by atomic mass is 19.1. The maximum absolute atomic E-state index is 14.0. The van der Waals surface area contributed by atoms with Crippen LogP contribution in [-0.4, -0.2) is 42.0 Å². The van der Waals surface area contributed by atoms with Crippen LogP contribution in [-0.2, 0) is 0 Å². The number of rotatable bonds is 3. The van der Waals surface area contributed by atoms with Crippen molar-refractivity contribution in [2.45, 2.75) is 31.7 Å². The molecule has 2 aliphatic heterocycles. The fraction of sp³-hybridized carbons (Fsp3) is 0.600. The molecule has 2 aliphatic rings. The van der Waals surface area contributed by atoms with Gasteiger partial charge in [0.1, 0.15) is 0 Å². The fourth-order valence-corrected chi connectivity index (χ4v) is 3.44. The SMILES string of the molecule is O=[N+]([O-])c1ccc(N2CCC(N3CCCC3)CC2)c(F)c1. The Balaban J connectivity index is 1.65. The normalized spacial score (nSPS) is 20.9.